The maximum Gasteiger partial charge on any atom is 0.253 e. The molecule has 35 heavy (non-hydrogen) atoms. The summed E-state index contributed by atoms with van der Waals surface area (Å²) in [5.41, 5.74) is 8.27. The van der Waals surface area contributed by atoms with Crippen LogP contribution in [0.2, 0.25) is 0 Å². The van der Waals surface area contributed by atoms with Gasteiger partial charge < -0.3 is 15.0 Å². The minimum atomic E-state index is -0.0311. The molecule has 4 aromatic rings. The Morgan fingerprint density at radius 1 is 1.00 bits per heavy atom. The zero-order valence-electron chi connectivity index (χ0n) is 19.6. The van der Waals surface area contributed by atoms with Crippen molar-refractivity contribution >= 4 is 11.7 Å². The van der Waals surface area contributed by atoms with Gasteiger partial charge in [0.15, 0.2) is 0 Å². The number of benzene rings is 2. The van der Waals surface area contributed by atoms with Crippen LogP contribution < -0.4 is 15.0 Å². The molecule has 2 aliphatic rings. The van der Waals surface area contributed by atoms with Gasteiger partial charge in [-0.2, -0.15) is 0 Å². The number of carbonyl (C=O) groups excluding carboxylic acids is 1. The van der Waals surface area contributed by atoms with E-state index in [4.69, 9.17) is 14.7 Å². The number of nitrogens with one attached hydrogen (secondary N) is 1. The Hall–Kier alpha value is -4.19. The number of rotatable bonds is 5. The van der Waals surface area contributed by atoms with Gasteiger partial charge in [0, 0.05) is 37.0 Å². The number of aryl methyl sites for hydroxylation is 1. The van der Waals surface area contributed by atoms with Gasteiger partial charge in [-0.3, -0.25) is 9.78 Å². The number of fused-ring (bicyclic) bond motifs is 2. The van der Waals surface area contributed by atoms with Gasteiger partial charge in [-0.25, -0.2) is 4.98 Å². The number of pyridine rings is 2. The van der Waals surface area contributed by atoms with Crippen molar-refractivity contribution in [1.29, 1.82) is 0 Å². The van der Waals surface area contributed by atoms with Crippen LogP contribution in [0, 0.1) is 6.92 Å². The smallest absolute Gasteiger partial charge is 0.253 e. The third kappa shape index (κ3) is 4.23. The summed E-state index contributed by atoms with van der Waals surface area (Å²) in [7, 11) is 0. The van der Waals surface area contributed by atoms with Crippen molar-refractivity contribution in [2.45, 2.75) is 33.0 Å². The molecule has 0 aliphatic carbocycles. The summed E-state index contributed by atoms with van der Waals surface area (Å²) in [6.07, 6.45) is 2.84. The molecule has 2 aromatic carbocycles. The molecule has 6 nitrogen and oxygen atoms in total. The molecule has 1 amide bonds. The average molecular weight is 463 g/mol. The van der Waals surface area contributed by atoms with Crippen molar-refractivity contribution in [3.8, 4) is 16.9 Å². The first-order valence-corrected chi connectivity index (χ1v) is 11.9. The molecule has 0 saturated carbocycles. The van der Waals surface area contributed by atoms with Crippen molar-refractivity contribution < 1.29 is 9.53 Å². The van der Waals surface area contributed by atoms with Crippen LogP contribution in [0.25, 0.3) is 11.1 Å². The van der Waals surface area contributed by atoms with Crippen LogP contribution in [0.3, 0.4) is 0 Å². The second kappa shape index (κ2) is 8.87. The Labute approximate surface area is 204 Å². The van der Waals surface area contributed by atoms with Crippen molar-refractivity contribution in [1.82, 2.24) is 15.3 Å². The minimum Gasteiger partial charge on any atom is -0.489 e. The maximum atomic E-state index is 12.0. The first-order valence-electron chi connectivity index (χ1n) is 11.9. The van der Waals surface area contributed by atoms with Crippen molar-refractivity contribution in [2.75, 3.05) is 11.4 Å². The Bertz CT molecular complexity index is 1400. The Balaban J connectivity index is 1.19. The number of hydrogen-bond donors (Lipinski definition) is 1. The van der Waals surface area contributed by atoms with Crippen molar-refractivity contribution in [3.63, 3.8) is 0 Å². The molecule has 6 rings (SSSR count). The van der Waals surface area contributed by atoms with E-state index in [1.807, 2.05) is 49.5 Å². The third-order valence-electron chi connectivity index (χ3n) is 6.70. The Morgan fingerprint density at radius 2 is 1.83 bits per heavy atom. The fraction of sp³-hybridized carbons (Fsp3) is 0.207. The fourth-order valence-electron chi connectivity index (χ4n) is 4.80. The predicted molar refractivity (Wildman–Crippen MR) is 135 cm³/mol. The highest BCUT2D eigenvalue weighted by Crippen LogP contribution is 2.30. The maximum absolute atomic E-state index is 12.0. The van der Waals surface area contributed by atoms with E-state index in [9.17, 15) is 4.79 Å². The fourth-order valence-corrected chi connectivity index (χ4v) is 4.80. The molecule has 4 heterocycles. The van der Waals surface area contributed by atoms with Crippen LogP contribution >= 0.6 is 0 Å². The molecule has 2 aliphatic heterocycles. The number of amides is 1. The van der Waals surface area contributed by atoms with E-state index in [1.54, 1.807) is 0 Å². The third-order valence-corrected chi connectivity index (χ3v) is 6.70. The number of aromatic nitrogens is 2. The second-order valence-electron chi connectivity index (χ2n) is 9.11. The topological polar surface area (TPSA) is 67.3 Å². The van der Waals surface area contributed by atoms with Gasteiger partial charge in [-0.15, -0.1) is 0 Å². The SMILES string of the molecule is Cc1cc2c(nc1N1CCc3ncc(-c4ccc(OCc5ccccc5)cc4)cc3C1)CNC2=O. The lowest BCUT2D eigenvalue weighted by atomic mass is 9.99. The second-order valence-corrected chi connectivity index (χ2v) is 9.11. The Kier molecular flexibility index (Phi) is 5.41. The van der Waals surface area contributed by atoms with E-state index >= 15 is 0 Å². The van der Waals surface area contributed by atoms with Gasteiger partial charge in [0.1, 0.15) is 18.2 Å². The van der Waals surface area contributed by atoms with Crippen LogP contribution in [-0.4, -0.2) is 22.4 Å². The molecule has 0 bridgehead atoms. The van der Waals surface area contributed by atoms with E-state index in [1.165, 1.54) is 5.56 Å². The van der Waals surface area contributed by atoms with Gasteiger partial charge in [-0.1, -0.05) is 42.5 Å². The normalized spacial score (nSPS) is 14.3. The number of anilines is 1. The van der Waals surface area contributed by atoms with Crippen LogP contribution in [0.4, 0.5) is 5.82 Å². The summed E-state index contributed by atoms with van der Waals surface area (Å²) >= 11 is 0. The molecular weight excluding hydrogens is 436 g/mol. The molecular formula is C29H26N4O2. The zero-order chi connectivity index (χ0) is 23.8. The highest BCUT2D eigenvalue weighted by Gasteiger charge is 2.25. The lowest BCUT2D eigenvalue weighted by molar-refractivity contribution is 0.0965. The van der Waals surface area contributed by atoms with Gasteiger partial charge in [0.2, 0.25) is 0 Å². The van der Waals surface area contributed by atoms with Crippen LogP contribution in [0.5, 0.6) is 5.75 Å². The molecule has 2 aromatic heterocycles. The van der Waals surface area contributed by atoms with E-state index in [-0.39, 0.29) is 5.91 Å². The monoisotopic (exact) mass is 462 g/mol. The summed E-state index contributed by atoms with van der Waals surface area (Å²) in [6.45, 7) is 4.70. The summed E-state index contributed by atoms with van der Waals surface area (Å²) in [5, 5.41) is 2.86. The van der Waals surface area contributed by atoms with Gasteiger partial charge in [0.25, 0.3) is 5.91 Å². The highest BCUT2D eigenvalue weighted by molar-refractivity contribution is 5.98. The minimum absolute atomic E-state index is 0.0311. The highest BCUT2D eigenvalue weighted by atomic mass is 16.5. The van der Waals surface area contributed by atoms with Crippen LogP contribution in [0.1, 0.15) is 38.4 Å². The number of ether oxygens (including phenoxy) is 1. The summed E-state index contributed by atoms with van der Waals surface area (Å²) < 4.78 is 5.93. The first kappa shape index (κ1) is 21.4. The van der Waals surface area contributed by atoms with Gasteiger partial charge >= 0.3 is 0 Å². The van der Waals surface area contributed by atoms with E-state index in [0.717, 1.165) is 64.7 Å². The average Bonchev–Trinajstić information content (AvgIpc) is 3.26. The molecule has 1 N–H and O–H groups in total. The zero-order valence-corrected chi connectivity index (χ0v) is 19.6. The molecule has 0 saturated heterocycles. The first-order chi connectivity index (χ1) is 17.1. The number of carbonyl (C=O) groups is 1. The van der Waals surface area contributed by atoms with Crippen molar-refractivity contribution in [3.05, 3.63) is 107 Å². The van der Waals surface area contributed by atoms with E-state index in [0.29, 0.717) is 18.7 Å². The molecule has 0 atom stereocenters. The molecule has 174 valence electrons. The molecule has 0 unspecified atom stereocenters. The molecule has 0 spiro atoms. The summed E-state index contributed by atoms with van der Waals surface area (Å²) in [6, 6.07) is 22.6. The number of nitrogens with zero attached hydrogens (tertiary/aromatic N) is 3. The van der Waals surface area contributed by atoms with Gasteiger partial charge in [-0.05, 0) is 53.4 Å². The lowest BCUT2D eigenvalue weighted by Gasteiger charge is -2.31. The lowest BCUT2D eigenvalue weighted by Crippen LogP contribution is -2.32. The summed E-state index contributed by atoms with van der Waals surface area (Å²) in [4.78, 5) is 23.9. The molecule has 0 fully saturated rings. The van der Waals surface area contributed by atoms with E-state index in [2.05, 4.69) is 40.5 Å². The molecule has 0 radical (unpaired) electrons. The summed E-state index contributed by atoms with van der Waals surface area (Å²) in [5.74, 6) is 1.77. The standard InChI is InChI=1S/C29H26N4O2/c1-19-13-25-27(16-31-29(25)34)32-28(19)33-12-11-26-23(17-33)14-22(15-30-26)21-7-9-24(10-8-21)35-18-20-5-3-2-4-6-20/h2-10,13-15H,11-12,16-18H2,1H3,(H,31,34). The van der Waals surface area contributed by atoms with Crippen LogP contribution in [0.15, 0.2) is 72.9 Å². The van der Waals surface area contributed by atoms with Gasteiger partial charge in [0.05, 0.1) is 17.8 Å². The van der Waals surface area contributed by atoms with Crippen LogP contribution in [-0.2, 0) is 26.1 Å². The molecule has 6 heteroatoms. The quantitative estimate of drug-likeness (QED) is 0.460. The number of hydrogen-bond acceptors (Lipinski definition) is 5. The van der Waals surface area contributed by atoms with Crippen molar-refractivity contribution in [2.24, 2.45) is 0 Å². The predicted octanol–water partition coefficient (Wildman–Crippen LogP) is 4.84. The largest absolute Gasteiger partial charge is 0.489 e. The van der Waals surface area contributed by atoms with E-state index < -0.39 is 0 Å². The Morgan fingerprint density at radius 3 is 2.66 bits per heavy atom.